The third-order valence-corrected chi connectivity index (χ3v) is 9.93. The van der Waals surface area contributed by atoms with Gasteiger partial charge in [-0.1, -0.05) is 29.5 Å². The van der Waals surface area contributed by atoms with Crippen molar-refractivity contribution < 1.29 is 22.0 Å². The Labute approximate surface area is 223 Å². The molecule has 198 valence electrons. The Morgan fingerprint density at radius 2 is 1.82 bits per heavy atom. The molecule has 0 unspecified atom stereocenters. The topological polar surface area (TPSA) is 83.5 Å². The van der Waals surface area contributed by atoms with Crippen LogP contribution in [0.3, 0.4) is 0 Å². The Balaban J connectivity index is 1.39. The Kier molecular flexibility index (Phi) is 7.26. The average Bonchev–Trinajstić information content (AvgIpc) is 3.38. The highest BCUT2D eigenvalue weighted by molar-refractivity contribution is 7.89. The Hall–Kier alpha value is -3.28. The molecule has 1 aliphatic heterocycles. The van der Waals surface area contributed by atoms with Crippen LogP contribution < -0.4 is 4.90 Å². The van der Waals surface area contributed by atoms with Crippen LogP contribution in [0.25, 0.3) is 10.2 Å². The van der Waals surface area contributed by atoms with E-state index < -0.39 is 27.6 Å². The summed E-state index contributed by atoms with van der Waals surface area (Å²) in [5.41, 5.74) is 3.82. The summed E-state index contributed by atoms with van der Waals surface area (Å²) in [4.78, 5) is 24.2. The number of sulfonamides is 1. The number of rotatable bonds is 6. The molecule has 1 saturated heterocycles. The predicted molar refractivity (Wildman–Crippen MR) is 142 cm³/mol. The lowest BCUT2D eigenvalue weighted by Gasteiger charge is -2.33. The predicted octanol–water partition coefficient (Wildman–Crippen LogP) is 5.22. The second kappa shape index (κ2) is 10.5. The molecule has 4 aromatic rings. The zero-order chi connectivity index (χ0) is 27.0. The SMILES string of the molecule is Cc1ccc(C)c2sc(N(Cc3cccnc3)C(=O)C3CCN(S(=O)(=O)c4ccc(F)c(F)c4)CC3)nc12. The molecule has 0 bridgehead atoms. The van der Waals surface area contributed by atoms with Crippen LogP contribution in [0.2, 0.25) is 0 Å². The van der Waals surface area contributed by atoms with E-state index in [4.69, 9.17) is 4.98 Å². The number of hydrogen-bond acceptors (Lipinski definition) is 6. The van der Waals surface area contributed by atoms with E-state index in [1.165, 1.54) is 15.6 Å². The molecule has 0 aliphatic carbocycles. The average molecular weight is 557 g/mol. The van der Waals surface area contributed by atoms with Crippen molar-refractivity contribution in [1.29, 1.82) is 0 Å². The van der Waals surface area contributed by atoms with Gasteiger partial charge in [-0.15, -0.1) is 0 Å². The molecule has 0 N–H and O–H groups in total. The fourth-order valence-corrected chi connectivity index (χ4v) is 7.23. The van der Waals surface area contributed by atoms with Crippen molar-refractivity contribution in [2.24, 2.45) is 5.92 Å². The lowest BCUT2D eigenvalue weighted by Crippen LogP contribution is -2.44. The summed E-state index contributed by atoms with van der Waals surface area (Å²) in [5.74, 6) is -2.88. The van der Waals surface area contributed by atoms with Crippen LogP contribution in [0.15, 0.2) is 59.8 Å². The highest BCUT2D eigenvalue weighted by Crippen LogP contribution is 2.35. The number of amides is 1. The number of anilines is 1. The molecule has 2 aromatic carbocycles. The summed E-state index contributed by atoms with van der Waals surface area (Å²) < 4.78 is 55.3. The number of carbonyl (C=O) groups is 1. The van der Waals surface area contributed by atoms with Crippen LogP contribution in [0, 0.1) is 31.4 Å². The zero-order valence-corrected chi connectivity index (χ0v) is 22.5. The fraction of sp³-hybridized carbons (Fsp3) is 0.296. The molecule has 1 aliphatic rings. The molecular weight excluding hydrogens is 530 g/mol. The number of thiazole rings is 1. The van der Waals surface area contributed by atoms with E-state index in [2.05, 4.69) is 4.98 Å². The van der Waals surface area contributed by atoms with Gasteiger partial charge in [0.1, 0.15) is 0 Å². The maximum atomic E-state index is 13.9. The molecule has 11 heteroatoms. The number of pyridine rings is 1. The molecular formula is C27H26F2N4O3S2. The molecule has 1 amide bonds. The molecule has 0 spiro atoms. The number of aryl methyl sites for hydroxylation is 2. The highest BCUT2D eigenvalue weighted by Gasteiger charge is 2.35. The van der Waals surface area contributed by atoms with Crippen molar-refractivity contribution in [3.63, 3.8) is 0 Å². The van der Waals surface area contributed by atoms with Crippen LogP contribution in [0.4, 0.5) is 13.9 Å². The van der Waals surface area contributed by atoms with Crippen LogP contribution in [0.5, 0.6) is 0 Å². The summed E-state index contributed by atoms with van der Waals surface area (Å²) in [6.07, 6.45) is 3.98. The second-order valence-corrected chi connectivity index (χ2v) is 12.3. The van der Waals surface area contributed by atoms with Crippen molar-refractivity contribution in [3.8, 4) is 0 Å². The first-order valence-electron chi connectivity index (χ1n) is 12.2. The van der Waals surface area contributed by atoms with Crippen molar-refractivity contribution in [2.45, 2.75) is 38.1 Å². The minimum Gasteiger partial charge on any atom is -0.283 e. The zero-order valence-electron chi connectivity index (χ0n) is 20.9. The van der Waals surface area contributed by atoms with Crippen molar-refractivity contribution in [1.82, 2.24) is 14.3 Å². The highest BCUT2D eigenvalue weighted by atomic mass is 32.2. The van der Waals surface area contributed by atoms with Gasteiger partial charge in [0, 0.05) is 31.4 Å². The van der Waals surface area contributed by atoms with Crippen molar-refractivity contribution in [3.05, 3.63) is 83.2 Å². The van der Waals surface area contributed by atoms with Gasteiger partial charge in [0.05, 0.1) is 21.7 Å². The van der Waals surface area contributed by atoms with Gasteiger partial charge in [-0.25, -0.2) is 22.2 Å². The Bertz CT molecular complexity index is 1560. The first-order valence-corrected chi connectivity index (χ1v) is 14.4. The number of benzene rings is 2. The number of hydrogen-bond donors (Lipinski definition) is 0. The minimum atomic E-state index is -4.02. The molecule has 0 saturated carbocycles. The van der Waals surface area contributed by atoms with Crippen molar-refractivity contribution >= 4 is 42.6 Å². The third kappa shape index (κ3) is 5.05. The first-order chi connectivity index (χ1) is 18.1. The summed E-state index contributed by atoms with van der Waals surface area (Å²) in [6.45, 7) is 4.48. The van der Waals surface area contributed by atoms with Crippen LogP contribution in [-0.2, 0) is 21.4 Å². The largest absolute Gasteiger partial charge is 0.283 e. The molecule has 38 heavy (non-hydrogen) atoms. The summed E-state index contributed by atoms with van der Waals surface area (Å²) in [6, 6.07) is 10.3. The normalized spacial score (nSPS) is 15.2. The quantitative estimate of drug-likeness (QED) is 0.325. The van der Waals surface area contributed by atoms with Gasteiger partial charge in [0.15, 0.2) is 16.8 Å². The Morgan fingerprint density at radius 1 is 1.08 bits per heavy atom. The van der Waals surface area contributed by atoms with E-state index in [9.17, 15) is 22.0 Å². The van der Waals surface area contributed by atoms with E-state index in [0.717, 1.165) is 39.0 Å². The number of piperidine rings is 1. The third-order valence-electron chi connectivity index (χ3n) is 6.82. The molecule has 0 radical (unpaired) electrons. The van der Waals surface area contributed by atoms with Gasteiger partial charge in [-0.05, 0) is 67.6 Å². The van der Waals surface area contributed by atoms with E-state index in [0.29, 0.717) is 24.0 Å². The molecule has 0 atom stereocenters. The van der Waals surface area contributed by atoms with Crippen LogP contribution >= 0.6 is 11.3 Å². The number of halogens is 2. The molecule has 2 aromatic heterocycles. The van der Waals surface area contributed by atoms with Gasteiger partial charge in [0.25, 0.3) is 0 Å². The molecule has 1 fully saturated rings. The lowest BCUT2D eigenvalue weighted by atomic mass is 9.96. The summed E-state index contributed by atoms with van der Waals surface area (Å²) in [7, 11) is -4.02. The van der Waals surface area contributed by atoms with Gasteiger partial charge in [-0.2, -0.15) is 4.31 Å². The van der Waals surface area contributed by atoms with Crippen LogP contribution in [-0.4, -0.2) is 41.7 Å². The van der Waals surface area contributed by atoms with E-state index in [1.807, 2.05) is 38.1 Å². The first kappa shape index (κ1) is 26.3. The maximum Gasteiger partial charge on any atom is 0.243 e. The van der Waals surface area contributed by atoms with Gasteiger partial charge in [0.2, 0.25) is 15.9 Å². The second-order valence-electron chi connectivity index (χ2n) is 9.41. The maximum absolute atomic E-state index is 13.9. The molecule has 5 rings (SSSR count). The fourth-order valence-electron chi connectivity index (χ4n) is 4.63. The van der Waals surface area contributed by atoms with Gasteiger partial charge >= 0.3 is 0 Å². The molecule has 3 heterocycles. The number of nitrogens with zero attached hydrogens (tertiary/aromatic N) is 4. The number of fused-ring (bicyclic) bond motifs is 1. The Morgan fingerprint density at radius 3 is 2.47 bits per heavy atom. The summed E-state index contributed by atoms with van der Waals surface area (Å²) in [5, 5.41) is 0.586. The standard InChI is InChI=1S/C27H26F2N4O3S2/c1-17-5-6-18(2)25-24(17)31-27(37-25)33(16-19-4-3-11-30-15-19)26(34)20-9-12-32(13-10-20)38(35,36)21-7-8-22(28)23(29)14-21/h3-8,11,14-15,20H,9-10,12-13,16H2,1-2H3. The van der Waals surface area contributed by atoms with E-state index in [1.54, 1.807) is 17.3 Å². The lowest BCUT2D eigenvalue weighted by molar-refractivity contribution is -0.123. The summed E-state index contributed by atoms with van der Waals surface area (Å²) >= 11 is 1.46. The number of carbonyl (C=O) groups excluding carboxylic acids is 1. The minimum absolute atomic E-state index is 0.0938. The van der Waals surface area contributed by atoms with Crippen molar-refractivity contribution in [2.75, 3.05) is 18.0 Å². The monoisotopic (exact) mass is 556 g/mol. The number of aromatic nitrogens is 2. The van der Waals surface area contributed by atoms with Gasteiger partial charge in [-0.3, -0.25) is 14.7 Å². The smallest absolute Gasteiger partial charge is 0.243 e. The van der Waals surface area contributed by atoms with E-state index >= 15 is 0 Å². The van der Waals surface area contributed by atoms with E-state index in [-0.39, 0.29) is 30.4 Å². The van der Waals surface area contributed by atoms with Gasteiger partial charge < -0.3 is 0 Å². The van der Waals surface area contributed by atoms with Crippen LogP contribution in [0.1, 0.15) is 29.5 Å². The molecule has 7 nitrogen and oxygen atoms in total.